The molecule has 0 aliphatic carbocycles. The van der Waals surface area contributed by atoms with Gasteiger partial charge in [0.05, 0.1) is 12.2 Å². The van der Waals surface area contributed by atoms with E-state index in [-0.39, 0.29) is 6.54 Å². The number of aromatic nitrogens is 2. The van der Waals surface area contributed by atoms with Crippen LogP contribution in [0.25, 0.3) is 5.65 Å². The van der Waals surface area contributed by atoms with E-state index in [0.29, 0.717) is 6.54 Å². The monoisotopic (exact) mass is 219 g/mol. The molecule has 0 atom stereocenters. The van der Waals surface area contributed by atoms with Gasteiger partial charge in [0.25, 0.3) is 0 Å². The van der Waals surface area contributed by atoms with Crippen molar-refractivity contribution in [3.05, 3.63) is 36.3 Å². The molecule has 2 N–H and O–H groups in total. The fourth-order valence-electron chi connectivity index (χ4n) is 1.52. The van der Waals surface area contributed by atoms with Gasteiger partial charge in [-0.05, 0) is 12.1 Å². The molecule has 0 unspecified atom stereocenters. The summed E-state index contributed by atoms with van der Waals surface area (Å²) >= 11 is 0. The topological polar surface area (TPSA) is 66.6 Å². The Hall–Kier alpha value is -1.88. The Kier molecular flexibility index (Phi) is 3.16. The van der Waals surface area contributed by atoms with Crippen LogP contribution < -0.4 is 5.32 Å². The number of hydrogen-bond donors (Lipinski definition) is 2. The Bertz CT molecular complexity index is 460. The molecule has 0 spiro atoms. The minimum Gasteiger partial charge on any atom is -0.480 e. The average Bonchev–Trinajstić information content (AvgIpc) is 2.66. The van der Waals surface area contributed by atoms with Gasteiger partial charge < -0.3 is 14.8 Å². The van der Waals surface area contributed by atoms with Crippen molar-refractivity contribution in [2.24, 2.45) is 0 Å². The molecule has 0 aliphatic heterocycles. The summed E-state index contributed by atoms with van der Waals surface area (Å²) in [7, 11) is 0. The van der Waals surface area contributed by atoms with Crippen molar-refractivity contribution in [3.63, 3.8) is 0 Å². The van der Waals surface area contributed by atoms with Gasteiger partial charge in [0, 0.05) is 25.4 Å². The van der Waals surface area contributed by atoms with Crippen LogP contribution in [-0.2, 0) is 11.2 Å². The maximum atomic E-state index is 10.3. The molecule has 16 heavy (non-hydrogen) atoms. The predicted molar refractivity (Wildman–Crippen MR) is 59.4 cm³/mol. The molecule has 0 radical (unpaired) electrons. The molecule has 0 aliphatic rings. The van der Waals surface area contributed by atoms with Gasteiger partial charge in [0.2, 0.25) is 0 Å². The number of nitrogens with zero attached hydrogens (tertiary/aromatic N) is 2. The van der Waals surface area contributed by atoms with E-state index in [4.69, 9.17) is 5.11 Å². The van der Waals surface area contributed by atoms with E-state index in [1.54, 1.807) is 0 Å². The van der Waals surface area contributed by atoms with Crippen molar-refractivity contribution >= 4 is 11.6 Å². The van der Waals surface area contributed by atoms with Gasteiger partial charge in [0.15, 0.2) is 0 Å². The number of rotatable bonds is 5. The first-order valence-corrected chi connectivity index (χ1v) is 5.11. The summed E-state index contributed by atoms with van der Waals surface area (Å²) in [5.41, 5.74) is 1.87. The lowest BCUT2D eigenvalue weighted by Gasteiger charge is -1.97. The molecule has 0 fully saturated rings. The van der Waals surface area contributed by atoms with E-state index in [2.05, 4.69) is 10.3 Å². The summed E-state index contributed by atoms with van der Waals surface area (Å²) in [5.74, 6) is -0.838. The first-order valence-electron chi connectivity index (χ1n) is 5.11. The maximum Gasteiger partial charge on any atom is 0.317 e. The Labute approximate surface area is 92.7 Å². The zero-order valence-corrected chi connectivity index (χ0v) is 8.76. The minimum atomic E-state index is -0.838. The molecule has 2 aromatic heterocycles. The average molecular weight is 219 g/mol. The third-order valence-corrected chi connectivity index (χ3v) is 2.25. The second-order valence-corrected chi connectivity index (χ2v) is 3.52. The highest BCUT2D eigenvalue weighted by molar-refractivity contribution is 5.68. The van der Waals surface area contributed by atoms with E-state index in [9.17, 15) is 4.79 Å². The van der Waals surface area contributed by atoms with Crippen LogP contribution in [-0.4, -0.2) is 33.6 Å². The fraction of sp³-hybridized carbons (Fsp3) is 0.273. The van der Waals surface area contributed by atoms with E-state index >= 15 is 0 Å². The smallest absolute Gasteiger partial charge is 0.317 e. The Morgan fingerprint density at radius 1 is 1.50 bits per heavy atom. The fourth-order valence-corrected chi connectivity index (χ4v) is 1.52. The number of nitrogens with one attached hydrogen (secondary N) is 1. The number of imidazole rings is 1. The molecule has 2 aromatic rings. The molecule has 5 nitrogen and oxygen atoms in total. The number of carbonyl (C=O) groups is 1. The lowest BCUT2D eigenvalue weighted by atomic mass is 10.3. The van der Waals surface area contributed by atoms with Crippen LogP contribution in [0.4, 0.5) is 0 Å². The number of aliphatic carboxylic acids is 1. The van der Waals surface area contributed by atoms with Crippen LogP contribution in [0.2, 0.25) is 0 Å². The molecular weight excluding hydrogens is 206 g/mol. The number of hydrogen-bond acceptors (Lipinski definition) is 3. The highest BCUT2D eigenvalue weighted by atomic mass is 16.4. The quantitative estimate of drug-likeness (QED) is 0.721. The maximum absolute atomic E-state index is 10.3. The van der Waals surface area contributed by atoms with E-state index < -0.39 is 5.97 Å². The standard InChI is InChI=1S/C11H13N3O2/c15-11(16)7-12-5-4-9-8-14-6-2-1-3-10(14)13-9/h1-3,6,8,12H,4-5,7H2,(H,15,16). The largest absolute Gasteiger partial charge is 0.480 e. The van der Waals surface area contributed by atoms with Gasteiger partial charge in [-0.2, -0.15) is 0 Å². The van der Waals surface area contributed by atoms with Crippen LogP contribution in [0, 0.1) is 0 Å². The Morgan fingerprint density at radius 3 is 3.12 bits per heavy atom. The van der Waals surface area contributed by atoms with Gasteiger partial charge in [0.1, 0.15) is 5.65 Å². The zero-order chi connectivity index (χ0) is 11.4. The molecule has 2 heterocycles. The summed E-state index contributed by atoms with van der Waals surface area (Å²) < 4.78 is 1.95. The van der Waals surface area contributed by atoms with E-state index in [1.165, 1.54) is 0 Å². The highest BCUT2D eigenvalue weighted by Crippen LogP contribution is 2.04. The molecule has 5 heteroatoms. The van der Waals surface area contributed by atoms with Crippen LogP contribution in [0.1, 0.15) is 5.69 Å². The summed E-state index contributed by atoms with van der Waals surface area (Å²) in [6.45, 7) is 0.615. The summed E-state index contributed by atoms with van der Waals surface area (Å²) in [6.07, 6.45) is 4.63. The van der Waals surface area contributed by atoms with Crippen molar-refractivity contribution in [3.8, 4) is 0 Å². The minimum absolute atomic E-state index is 0.00658. The highest BCUT2D eigenvalue weighted by Gasteiger charge is 2.01. The number of carboxylic acid groups (broad SMARTS) is 1. The second-order valence-electron chi connectivity index (χ2n) is 3.52. The first-order chi connectivity index (χ1) is 7.75. The van der Waals surface area contributed by atoms with Crippen LogP contribution in [0.3, 0.4) is 0 Å². The van der Waals surface area contributed by atoms with Crippen molar-refractivity contribution in [2.75, 3.05) is 13.1 Å². The van der Waals surface area contributed by atoms with Crippen LogP contribution in [0.5, 0.6) is 0 Å². The van der Waals surface area contributed by atoms with Crippen LogP contribution >= 0.6 is 0 Å². The van der Waals surface area contributed by atoms with Gasteiger partial charge in [-0.1, -0.05) is 6.07 Å². The molecular formula is C11H13N3O2. The summed E-state index contributed by atoms with van der Waals surface area (Å²) in [5, 5.41) is 11.3. The normalized spacial score (nSPS) is 10.8. The molecule has 0 amide bonds. The van der Waals surface area contributed by atoms with Crippen molar-refractivity contribution < 1.29 is 9.90 Å². The lowest BCUT2D eigenvalue weighted by Crippen LogP contribution is -2.24. The van der Waals surface area contributed by atoms with Gasteiger partial charge in [-0.25, -0.2) is 4.98 Å². The summed E-state index contributed by atoms with van der Waals surface area (Å²) in [6, 6.07) is 5.82. The van der Waals surface area contributed by atoms with Gasteiger partial charge >= 0.3 is 5.97 Å². The molecule has 0 saturated carbocycles. The predicted octanol–water partition coefficient (Wildman–Crippen LogP) is 0.551. The van der Waals surface area contributed by atoms with Gasteiger partial charge in [-0.15, -0.1) is 0 Å². The molecule has 2 rings (SSSR count). The number of pyridine rings is 1. The SMILES string of the molecule is O=C(O)CNCCc1cn2ccccc2n1. The number of fused-ring (bicyclic) bond motifs is 1. The molecule has 0 aromatic carbocycles. The van der Waals surface area contributed by atoms with Crippen molar-refractivity contribution in [2.45, 2.75) is 6.42 Å². The van der Waals surface area contributed by atoms with Crippen LogP contribution in [0.15, 0.2) is 30.6 Å². The third-order valence-electron chi connectivity index (χ3n) is 2.25. The number of carboxylic acids is 1. The Morgan fingerprint density at radius 2 is 2.38 bits per heavy atom. The second kappa shape index (κ2) is 4.76. The molecule has 84 valence electrons. The van der Waals surface area contributed by atoms with Crippen molar-refractivity contribution in [1.82, 2.24) is 14.7 Å². The Balaban J connectivity index is 1.92. The van der Waals surface area contributed by atoms with E-state index in [0.717, 1.165) is 17.8 Å². The molecule has 0 saturated heterocycles. The zero-order valence-electron chi connectivity index (χ0n) is 8.76. The van der Waals surface area contributed by atoms with Gasteiger partial charge in [-0.3, -0.25) is 4.79 Å². The third kappa shape index (κ3) is 2.58. The molecule has 0 bridgehead atoms. The van der Waals surface area contributed by atoms with E-state index in [1.807, 2.05) is 35.0 Å². The van der Waals surface area contributed by atoms with Crippen molar-refractivity contribution in [1.29, 1.82) is 0 Å². The first kappa shape index (κ1) is 10.6. The lowest BCUT2D eigenvalue weighted by molar-refractivity contribution is -0.135. The summed E-state index contributed by atoms with van der Waals surface area (Å²) in [4.78, 5) is 14.7.